The van der Waals surface area contributed by atoms with Crippen molar-refractivity contribution in [3.63, 3.8) is 0 Å². The average Bonchev–Trinajstić information content (AvgIpc) is 3.02. The summed E-state index contributed by atoms with van der Waals surface area (Å²) < 4.78 is 25.3. The molecule has 3 rings (SSSR count). The second-order valence-corrected chi connectivity index (χ2v) is 5.80. The Kier molecular flexibility index (Phi) is 5.43. The van der Waals surface area contributed by atoms with Crippen LogP contribution in [0.5, 0.6) is 5.75 Å². The SMILES string of the molecule is O=C(COc1ccc(F)cc1)Nc1cnn(CC2CCOCC2)c1. The first-order chi connectivity index (χ1) is 11.7. The summed E-state index contributed by atoms with van der Waals surface area (Å²) in [5.41, 5.74) is 0.634. The van der Waals surface area contributed by atoms with Gasteiger partial charge < -0.3 is 14.8 Å². The monoisotopic (exact) mass is 333 g/mol. The third-order valence-electron chi connectivity index (χ3n) is 3.89. The molecular weight excluding hydrogens is 313 g/mol. The summed E-state index contributed by atoms with van der Waals surface area (Å²) in [5, 5.41) is 7.01. The zero-order chi connectivity index (χ0) is 16.8. The van der Waals surface area contributed by atoms with Gasteiger partial charge in [0, 0.05) is 26.0 Å². The molecule has 2 heterocycles. The highest BCUT2D eigenvalue weighted by atomic mass is 19.1. The van der Waals surface area contributed by atoms with Crippen molar-refractivity contribution in [3.05, 3.63) is 42.5 Å². The molecule has 0 bridgehead atoms. The van der Waals surface area contributed by atoms with Gasteiger partial charge in [-0.3, -0.25) is 9.48 Å². The number of hydrogen-bond donors (Lipinski definition) is 1. The van der Waals surface area contributed by atoms with Gasteiger partial charge in [0.25, 0.3) is 5.91 Å². The Labute approximate surface area is 139 Å². The molecule has 1 amide bonds. The number of anilines is 1. The summed E-state index contributed by atoms with van der Waals surface area (Å²) >= 11 is 0. The molecule has 1 aliphatic rings. The van der Waals surface area contributed by atoms with Gasteiger partial charge in [-0.15, -0.1) is 0 Å². The quantitative estimate of drug-likeness (QED) is 0.882. The molecule has 1 N–H and O–H groups in total. The third kappa shape index (κ3) is 4.79. The van der Waals surface area contributed by atoms with Crippen molar-refractivity contribution < 1.29 is 18.7 Å². The lowest BCUT2D eigenvalue weighted by Crippen LogP contribution is -2.21. The maximum absolute atomic E-state index is 12.8. The minimum absolute atomic E-state index is 0.142. The predicted octanol–water partition coefficient (Wildman–Crippen LogP) is 2.47. The average molecular weight is 333 g/mol. The molecule has 7 heteroatoms. The molecular formula is C17H20FN3O3. The second-order valence-electron chi connectivity index (χ2n) is 5.80. The van der Waals surface area contributed by atoms with E-state index in [-0.39, 0.29) is 18.3 Å². The van der Waals surface area contributed by atoms with Gasteiger partial charge in [0.05, 0.1) is 11.9 Å². The number of ether oxygens (including phenoxy) is 2. The molecule has 6 nitrogen and oxygen atoms in total. The van der Waals surface area contributed by atoms with Crippen molar-refractivity contribution in [1.29, 1.82) is 0 Å². The van der Waals surface area contributed by atoms with Gasteiger partial charge in [0.15, 0.2) is 6.61 Å². The van der Waals surface area contributed by atoms with Gasteiger partial charge >= 0.3 is 0 Å². The topological polar surface area (TPSA) is 65.4 Å². The summed E-state index contributed by atoms with van der Waals surface area (Å²) in [5.74, 6) is 0.374. The van der Waals surface area contributed by atoms with Gasteiger partial charge in [-0.1, -0.05) is 0 Å². The van der Waals surface area contributed by atoms with Crippen LogP contribution in [0, 0.1) is 11.7 Å². The minimum atomic E-state index is -0.344. The molecule has 0 saturated carbocycles. The van der Waals surface area contributed by atoms with Crippen LogP contribution < -0.4 is 10.1 Å². The number of benzene rings is 1. The molecule has 1 aromatic carbocycles. The Morgan fingerprint density at radius 1 is 1.33 bits per heavy atom. The number of aromatic nitrogens is 2. The zero-order valence-electron chi connectivity index (χ0n) is 13.3. The molecule has 0 spiro atoms. The Bertz CT molecular complexity index is 666. The van der Waals surface area contributed by atoms with Crippen molar-refractivity contribution in [2.75, 3.05) is 25.1 Å². The maximum atomic E-state index is 12.8. The first kappa shape index (κ1) is 16.4. The number of nitrogens with one attached hydrogen (secondary N) is 1. The fourth-order valence-corrected chi connectivity index (χ4v) is 2.60. The molecule has 24 heavy (non-hydrogen) atoms. The van der Waals surface area contributed by atoms with E-state index in [1.54, 1.807) is 6.20 Å². The molecule has 0 aliphatic carbocycles. The van der Waals surface area contributed by atoms with E-state index in [1.807, 2.05) is 10.9 Å². The fraction of sp³-hybridized carbons (Fsp3) is 0.412. The van der Waals surface area contributed by atoms with Crippen LogP contribution >= 0.6 is 0 Å². The summed E-state index contributed by atoms with van der Waals surface area (Å²) in [4.78, 5) is 11.9. The molecule has 128 valence electrons. The smallest absolute Gasteiger partial charge is 0.262 e. The van der Waals surface area contributed by atoms with Gasteiger partial charge in [-0.05, 0) is 43.0 Å². The van der Waals surface area contributed by atoms with E-state index in [0.29, 0.717) is 17.4 Å². The van der Waals surface area contributed by atoms with Crippen LogP contribution in [0.4, 0.5) is 10.1 Å². The largest absolute Gasteiger partial charge is 0.484 e. The van der Waals surface area contributed by atoms with Crippen LogP contribution in [-0.4, -0.2) is 35.5 Å². The number of halogens is 1. The molecule has 0 unspecified atom stereocenters. The molecule has 1 fully saturated rings. The second kappa shape index (κ2) is 7.92. The Balaban J connectivity index is 1.45. The number of hydrogen-bond acceptors (Lipinski definition) is 4. The molecule has 1 aromatic heterocycles. The first-order valence-corrected chi connectivity index (χ1v) is 7.97. The standard InChI is InChI=1S/C17H20FN3O3/c18-14-1-3-16(4-2-14)24-12-17(22)20-15-9-19-21(11-15)10-13-5-7-23-8-6-13/h1-4,9,11,13H,5-8,10,12H2,(H,20,22). The lowest BCUT2D eigenvalue weighted by molar-refractivity contribution is -0.118. The zero-order valence-corrected chi connectivity index (χ0v) is 13.3. The molecule has 1 saturated heterocycles. The van der Waals surface area contributed by atoms with Gasteiger partial charge in [0.1, 0.15) is 11.6 Å². The molecule has 0 atom stereocenters. The van der Waals surface area contributed by atoms with E-state index in [1.165, 1.54) is 24.3 Å². The summed E-state index contributed by atoms with van der Waals surface area (Å²) in [6.45, 7) is 2.29. The van der Waals surface area contributed by atoms with E-state index < -0.39 is 0 Å². The predicted molar refractivity (Wildman–Crippen MR) is 86.3 cm³/mol. The van der Waals surface area contributed by atoms with Crippen molar-refractivity contribution in [2.24, 2.45) is 5.92 Å². The number of carbonyl (C=O) groups is 1. The van der Waals surface area contributed by atoms with E-state index in [0.717, 1.165) is 32.6 Å². The molecule has 2 aromatic rings. The normalized spacial score (nSPS) is 15.2. The lowest BCUT2D eigenvalue weighted by atomic mass is 10.0. The van der Waals surface area contributed by atoms with Gasteiger partial charge in [0.2, 0.25) is 0 Å². The lowest BCUT2D eigenvalue weighted by Gasteiger charge is -2.21. The number of amides is 1. The Morgan fingerprint density at radius 2 is 2.08 bits per heavy atom. The van der Waals surface area contributed by atoms with Crippen LogP contribution in [-0.2, 0) is 16.1 Å². The van der Waals surface area contributed by atoms with E-state index >= 15 is 0 Å². The van der Waals surface area contributed by atoms with E-state index in [9.17, 15) is 9.18 Å². The third-order valence-corrected chi connectivity index (χ3v) is 3.89. The first-order valence-electron chi connectivity index (χ1n) is 7.97. The van der Waals surface area contributed by atoms with E-state index in [4.69, 9.17) is 9.47 Å². The van der Waals surface area contributed by atoms with E-state index in [2.05, 4.69) is 10.4 Å². The number of rotatable bonds is 6. The van der Waals surface area contributed by atoms with Gasteiger partial charge in [-0.25, -0.2) is 4.39 Å². The highest BCUT2D eigenvalue weighted by molar-refractivity contribution is 5.91. The van der Waals surface area contributed by atoms with Crippen LogP contribution in [0.1, 0.15) is 12.8 Å². The highest BCUT2D eigenvalue weighted by Crippen LogP contribution is 2.17. The van der Waals surface area contributed by atoms with Crippen LogP contribution in [0.15, 0.2) is 36.7 Å². The van der Waals surface area contributed by atoms with Crippen molar-refractivity contribution >= 4 is 11.6 Å². The molecule has 1 aliphatic heterocycles. The van der Waals surface area contributed by atoms with Crippen LogP contribution in [0.3, 0.4) is 0 Å². The Morgan fingerprint density at radius 3 is 2.83 bits per heavy atom. The van der Waals surface area contributed by atoms with Crippen LogP contribution in [0.2, 0.25) is 0 Å². The number of nitrogens with zero attached hydrogens (tertiary/aromatic N) is 2. The maximum Gasteiger partial charge on any atom is 0.262 e. The highest BCUT2D eigenvalue weighted by Gasteiger charge is 2.15. The van der Waals surface area contributed by atoms with Crippen molar-refractivity contribution in [2.45, 2.75) is 19.4 Å². The summed E-state index contributed by atoms with van der Waals surface area (Å²) in [6, 6.07) is 5.53. The summed E-state index contributed by atoms with van der Waals surface area (Å²) in [6.07, 6.45) is 5.50. The number of carbonyl (C=O) groups excluding carboxylic acids is 1. The Hall–Kier alpha value is -2.41. The minimum Gasteiger partial charge on any atom is -0.484 e. The van der Waals surface area contributed by atoms with Crippen molar-refractivity contribution in [3.8, 4) is 5.75 Å². The molecule has 0 radical (unpaired) electrons. The van der Waals surface area contributed by atoms with Gasteiger partial charge in [-0.2, -0.15) is 5.10 Å². The van der Waals surface area contributed by atoms with Crippen molar-refractivity contribution in [1.82, 2.24) is 9.78 Å². The fourth-order valence-electron chi connectivity index (χ4n) is 2.60. The summed E-state index contributed by atoms with van der Waals surface area (Å²) in [7, 11) is 0. The van der Waals surface area contributed by atoms with Crippen LogP contribution in [0.25, 0.3) is 0 Å².